The molecule has 7 nitrogen and oxygen atoms in total. The highest BCUT2D eigenvalue weighted by atomic mass is 16.4. The summed E-state index contributed by atoms with van der Waals surface area (Å²) in [7, 11) is 3.90. The van der Waals surface area contributed by atoms with Gasteiger partial charge in [0.1, 0.15) is 11.2 Å². The average Bonchev–Trinajstić information content (AvgIpc) is 2.81. The highest BCUT2D eigenvalue weighted by molar-refractivity contribution is 6.17. The van der Waals surface area contributed by atoms with E-state index in [0.717, 1.165) is 39.7 Å². The van der Waals surface area contributed by atoms with Gasteiger partial charge in [-0.2, -0.15) is 0 Å². The van der Waals surface area contributed by atoms with Crippen LogP contribution in [0.25, 0.3) is 43.8 Å². The van der Waals surface area contributed by atoms with Crippen molar-refractivity contribution in [3.05, 3.63) is 88.6 Å². The molecular formula is C28H23NO6. The Balaban J connectivity index is 0.000000672. The van der Waals surface area contributed by atoms with E-state index < -0.39 is 11.9 Å². The summed E-state index contributed by atoms with van der Waals surface area (Å²) in [6, 6.07) is 21.5. The highest BCUT2D eigenvalue weighted by Crippen LogP contribution is 2.41. The number of nitrogens with zero attached hydrogens (tertiary/aromatic N) is 1. The van der Waals surface area contributed by atoms with Gasteiger partial charge in [0.25, 0.3) is 5.97 Å². The summed E-state index contributed by atoms with van der Waals surface area (Å²) < 4.78 is 6.38. The Kier molecular flexibility index (Phi) is 6.25. The Bertz CT molecular complexity index is 1660. The van der Waals surface area contributed by atoms with Crippen LogP contribution in [0, 0.1) is 0 Å². The molecule has 5 rings (SSSR count). The van der Waals surface area contributed by atoms with Crippen molar-refractivity contribution < 1.29 is 24.2 Å². The van der Waals surface area contributed by atoms with E-state index in [9.17, 15) is 14.7 Å². The summed E-state index contributed by atoms with van der Waals surface area (Å²) in [4.78, 5) is 34.8. The van der Waals surface area contributed by atoms with Gasteiger partial charge >= 0.3 is 5.97 Å². The predicted octanol–water partition coefficient (Wildman–Crippen LogP) is 5.62. The Morgan fingerprint density at radius 2 is 1.49 bits per heavy atom. The normalized spacial score (nSPS) is 10.7. The van der Waals surface area contributed by atoms with Crippen LogP contribution < -0.4 is 10.3 Å². The molecule has 0 saturated carbocycles. The number of carboxylic acids is 2. The fourth-order valence-corrected chi connectivity index (χ4v) is 4.10. The molecule has 1 heterocycles. The van der Waals surface area contributed by atoms with Crippen LogP contribution in [0.1, 0.15) is 17.3 Å². The van der Waals surface area contributed by atoms with E-state index in [4.69, 9.17) is 14.3 Å². The number of benzene rings is 4. The molecule has 0 bridgehead atoms. The number of carbonyl (C=O) groups is 2. The van der Waals surface area contributed by atoms with E-state index in [1.807, 2.05) is 61.5 Å². The first-order valence-corrected chi connectivity index (χ1v) is 10.8. The molecule has 176 valence electrons. The number of hydrogen-bond acceptors (Lipinski definition) is 5. The summed E-state index contributed by atoms with van der Waals surface area (Å²) in [5.74, 6) is -1.82. The van der Waals surface area contributed by atoms with Crippen LogP contribution in [0.3, 0.4) is 0 Å². The zero-order chi connectivity index (χ0) is 25.3. The molecule has 0 amide bonds. The van der Waals surface area contributed by atoms with Crippen LogP contribution in [-0.4, -0.2) is 36.2 Å². The van der Waals surface area contributed by atoms with Crippen molar-refractivity contribution in [1.29, 1.82) is 0 Å². The van der Waals surface area contributed by atoms with Crippen molar-refractivity contribution in [1.82, 2.24) is 0 Å². The Morgan fingerprint density at radius 1 is 0.829 bits per heavy atom. The van der Waals surface area contributed by atoms with Crippen LogP contribution in [0.4, 0.5) is 5.69 Å². The zero-order valence-electron chi connectivity index (χ0n) is 19.4. The third-order valence-corrected chi connectivity index (χ3v) is 5.60. The summed E-state index contributed by atoms with van der Waals surface area (Å²) in [6.45, 7) is 1.08. The van der Waals surface area contributed by atoms with Crippen molar-refractivity contribution in [3.8, 4) is 11.1 Å². The van der Waals surface area contributed by atoms with Gasteiger partial charge in [-0.05, 0) is 53.4 Å². The molecule has 35 heavy (non-hydrogen) atoms. The number of hydrogen-bond donors (Lipinski definition) is 2. The van der Waals surface area contributed by atoms with Crippen LogP contribution in [-0.2, 0) is 4.79 Å². The van der Waals surface area contributed by atoms with Gasteiger partial charge in [-0.3, -0.25) is 9.59 Å². The molecule has 0 spiro atoms. The first-order valence-electron chi connectivity index (χ1n) is 10.8. The molecule has 7 heteroatoms. The van der Waals surface area contributed by atoms with Gasteiger partial charge in [0.05, 0.1) is 5.56 Å². The summed E-state index contributed by atoms with van der Waals surface area (Å²) in [5.41, 5.74) is 3.81. The first-order chi connectivity index (χ1) is 16.7. The van der Waals surface area contributed by atoms with E-state index in [1.54, 1.807) is 24.3 Å². The highest BCUT2D eigenvalue weighted by Gasteiger charge is 2.19. The topological polar surface area (TPSA) is 108 Å². The Hall–Kier alpha value is -4.65. The fourth-order valence-electron chi connectivity index (χ4n) is 4.10. The quantitative estimate of drug-likeness (QED) is 0.261. The minimum absolute atomic E-state index is 0.0704. The first kappa shape index (κ1) is 23.5. The zero-order valence-corrected chi connectivity index (χ0v) is 19.4. The number of rotatable bonds is 3. The monoisotopic (exact) mass is 469 g/mol. The Labute approximate surface area is 200 Å². The molecule has 0 aliphatic carbocycles. The molecular weight excluding hydrogens is 446 g/mol. The van der Waals surface area contributed by atoms with Gasteiger partial charge in [-0.15, -0.1) is 0 Å². The van der Waals surface area contributed by atoms with Crippen molar-refractivity contribution in [2.45, 2.75) is 6.92 Å². The van der Waals surface area contributed by atoms with E-state index >= 15 is 0 Å². The number of anilines is 1. The van der Waals surface area contributed by atoms with E-state index in [0.29, 0.717) is 16.7 Å². The van der Waals surface area contributed by atoms with Gasteiger partial charge in [0, 0.05) is 54.5 Å². The third-order valence-electron chi connectivity index (χ3n) is 5.60. The molecule has 0 saturated heterocycles. The molecule has 0 unspecified atom stereocenters. The molecule has 2 N–H and O–H groups in total. The van der Waals surface area contributed by atoms with Crippen LogP contribution in [0.2, 0.25) is 0 Å². The molecule has 0 aliphatic rings. The number of fused-ring (bicyclic) bond motifs is 4. The molecule has 4 aromatic carbocycles. The predicted molar refractivity (Wildman–Crippen MR) is 138 cm³/mol. The van der Waals surface area contributed by atoms with Crippen LogP contribution >= 0.6 is 0 Å². The van der Waals surface area contributed by atoms with Crippen LogP contribution in [0.15, 0.2) is 82.0 Å². The molecule has 0 fully saturated rings. The molecule has 0 aliphatic heterocycles. The molecule has 0 atom stereocenters. The Morgan fingerprint density at radius 3 is 2.17 bits per heavy atom. The molecule has 1 aromatic heterocycles. The minimum atomic E-state index is -0.987. The largest absolute Gasteiger partial charge is 0.481 e. The van der Waals surface area contributed by atoms with Crippen molar-refractivity contribution in [2.75, 3.05) is 19.0 Å². The van der Waals surface area contributed by atoms with Gasteiger partial charge in [0.15, 0.2) is 5.43 Å². The third kappa shape index (κ3) is 4.56. The number of aromatic carboxylic acids is 1. The van der Waals surface area contributed by atoms with Crippen molar-refractivity contribution in [3.63, 3.8) is 0 Å². The number of aliphatic carboxylic acids is 1. The SMILES string of the molecule is CC(=O)O.CN(C)c1ccc2c(-c3ccccc3C(=O)O)c3ccc4cc(=O)ccc4c3oc2c1. The number of carboxylic acid groups (broad SMARTS) is 2. The minimum Gasteiger partial charge on any atom is -0.481 e. The van der Waals surface area contributed by atoms with Gasteiger partial charge in [-0.1, -0.05) is 24.3 Å². The second kappa shape index (κ2) is 9.30. The summed E-state index contributed by atoms with van der Waals surface area (Å²) in [5, 5.41) is 20.5. The van der Waals surface area contributed by atoms with Crippen LogP contribution in [0.5, 0.6) is 0 Å². The lowest BCUT2D eigenvalue weighted by atomic mass is 9.92. The smallest absolute Gasteiger partial charge is 0.336 e. The summed E-state index contributed by atoms with van der Waals surface area (Å²) in [6.07, 6.45) is 0. The summed E-state index contributed by atoms with van der Waals surface area (Å²) >= 11 is 0. The standard InChI is InChI=1S/C26H19NO4.C2H4O2/c1-27(2)16-8-11-21-23(14-16)31-25-18-12-9-17(28)13-15(18)7-10-22(25)24(21)19-5-3-4-6-20(19)26(29)30;1-2(3)4/h3-14H,1-2H3,(H,29,30);1H3,(H,3,4). The van der Waals surface area contributed by atoms with E-state index in [-0.39, 0.29) is 11.0 Å². The second-order valence-corrected chi connectivity index (χ2v) is 8.25. The lowest BCUT2D eigenvalue weighted by molar-refractivity contribution is -0.134. The second-order valence-electron chi connectivity index (χ2n) is 8.25. The lowest BCUT2D eigenvalue weighted by Crippen LogP contribution is -2.08. The molecule has 0 radical (unpaired) electrons. The van der Waals surface area contributed by atoms with Crippen molar-refractivity contribution >= 4 is 50.3 Å². The average molecular weight is 469 g/mol. The lowest BCUT2D eigenvalue weighted by Gasteiger charge is -2.17. The maximum Gasteiger partial charge on any atom is 0.336 e. The van der Waals surface area contributed by atoms with Gasteiger partial charge in [-0.25, -0.2) is 4.79 Å². The van der Waals surface area contributed by atoms with Gasteiger partial charge in [0.2, 0.25) is 0 Å². The van der Waals surface area contributed by atoms with Crippen molar-refractivity contribution in [2.24, 2.45) is 0 Å². The maximum atomic E-state index is 12.0. The maximum absolute atomic E-state index is 12.0. The fraction of sp³-hybridized carbons (Fsp3) is 0.107. The van der Waals surface area contributed by atoms with E-state index in [1.165, 1.54) is 6.07 Å². The van der Waals surface area contributed by atoms with Gasteiger partial charge < -0.3 is 19.5 Å². The van der Waals surface area contributed by atoms with E-state index in [2.05, 4.69) is 0 Å². The molecule has 5 aromatic rings.